The van der Waals surface area contributed by atoms with Crippen molar-refractivity contribution in [2.24, 2.45) is 5.92 Å². The normalized spacial score (nSPS) is 17.6. The van der Waals surface area contributed by atoms with Gasteiger partial charge in [0, 0.05) is 25.2 Å². The summed E-state index contributed by atoms with van der Waals surface area (Å²) in [6.45, 7) is 4.86. The molecule has 0 unspecified atom stereocenters. The molecule has 0 saturated carbocycles. The second kappa shape index (κ2) is 6.40. The highest BCUT2D eigenvalue weighted by Gasteiger charge is 2.34. The minimum absolute atomic E-state index is 0.0469. The van der Waals surface area contributed by atoms with E-state index in [-0.39, 0.29) is 17.4 Å². The van der Waals surface area contributed by atoms with Gasteiger partial charge in [0.25, 0.3) is 0 Å². The molecule has 0 radical (unpaired) electrons. The Hall–Kier alpha value is -1.35. The number of nitrogens with one attached hydrogen (secondary N) is 1. The van der Waals surface area contributed by atoms with Gasteiger partial charge in [-0.1, -0.05) is 31.2 Å². The van der Waals surface area contributed by atoms with Crippen molar-refractivity contribution in [2.75, 3.05) is 13.7 Å². The summed E-state index contributed by atoms with van der Waals surface area (Å²) in [4.78, 5) is 12.3. The molecule has 20 heavy (non-hydrogen) atoms. The first-order valence-electron chi connectivity index (χ1n) is 7.42. The Balaban J connectivity index is 1.89. The van der Waals surface area contributed by atoms with E-state index >= 15 is 0 Å². The molecule has 0 spiro atoms. The van der Waals surface area contributed by atoms with Crippen molar-refractivity contribution in [3.8, 4) is 0 Å². The molecule has 0 fully saturated rings. The summed E-state index contributed by atoms with van der Waals surface area (Å²) in [5, 5.41) is 3.25. The fourth-order valence-electron chi connectivity index (χ4n) is 2.98. The van der Waals surface area contributed by atoms with Crippen molar-refractivity contribution in [3.63, 3.8) is 0 Å². The number of carbonyl (C=O) groups excluding carboxylic acids is 1. The number of carbonyl (C=O) groups is 1. The zero-order chi connectivity index (χ0) is 14.6. The Bertz CT molecular complexity index is 445. The van der Waals surface area contributed by atoms with Gasteiger partial charge in [-0.3, -0.25) is 4.79 Å². The summed E-state index contributed by atoms with van der Waals surface area (Å²) >= 11 is 0. The molecule has 0 aliphatic heterocycles. The van der Waals surface area contributed by atoms with E-state index in [0.29, 0.717) is 0 Å². The molecule has 0 saturated heterocycles. The van der Waals surface area contributed by atoms with E-state index in [1.807, 2.05) is 6.92 Å². The molecule has 1 amide bonds. The number of hydrogen-bond acceptors (Lipinski definition) is 2. The maximum atomic E-state index is 12.3. The minimum atomic E-state index is -0.129. The number of benzene rings is 1. The second-order valence-electron chi connectivity index (χ2n) is 6.21. The maximum absolute atomic E-state index is 12.3. The molecule has 110 valence electrons. The smallest absolute Gasteiger partial charge is 0.223 e. The van der Waals surface area contributed by atoms with E-state index in [1.54, 1.807) is 7.11 Å². The van der Waals surface area contributed by atoms with Crippen LogP contribution in [0.4, 0.5) is 0 Å². The third-order valence-electron chi connectivity index (χ3n) is 4.14. The Morgan fingerprint density at radius 2 is 1.95 bits per heavy atom. The molecular formula is C17H25NO2. The van der Waals surface area contributed by atoms with E-state index in [9.17, 15) is 4.79 Å². The molecule has 1 aromatic rings. The molecule has 0 bridgehead atoms. The van der Waals surface area contributed by atoms with Gasteiger partial charge in [-0.15, -0.1) is 0 Å². The van der Waals surface area contributed by atoms with Crippen LogP contribution in [0, 0.1) is 5.92 Å². The lowest BCUT2D eigenvalue weighted by molar-refractivity contribution is -0.126. The van der Waals surface area contributed by atoms with Crippen LogP contribution in [0.3, 0.4) is 0 Å². The monoisotopic (exact) mass is 275 g/mol. The third kappa shape index (κ3) is 3.60. The number of amides is 1. The lowest BCUT2D eigenvalue weighted by atomic mass is 9.96. The van der Waals surface area contributed by atoms with Crippen molar-refractivity contribution >= 4 is 5.91 Å². The van der Waals surface area contributed by atoms with E-state index in [2.05, 4.69) is 36.5 Å². The molecule has 0 aromatic heterocycles. The summed E-state index contributed by atoms with van der Waals surface area (Å²) in [6, 6.07) is 8.46. The first-order valence-corrected chi connectivity index (χ1v) is 7.42. The second-order valence-corrected chi connectivity index (χ2v) is 6.21. The fourth-order valence-corrected chi connectivity index (χ4v) is 2.98. The van der Waals surface area contributed by atoms with Crippen molar-refractivity contribution in [1.29, 1.82) is 0 Å². The van der Waals surface area contributed by atoms with Crippen LogP contribution in [0.15, 0.2) is 24.3 Å². The molecule has 1 N–H and O–H groups in total. The van der Waals surface area contributed by atoms with Crippen molar-refractivity contribution in [3.05, 3.63) is 35.4 Å². The summed E-state index contributed by atoms with van der Waals surface area (Å²) in [5.74, 6) is 0.210. The highest BCUT2D eigenvalue weighted by Crippen LogP contribution is 2.30. The van der Waals surface area contributed by atoms with Gasteiger partial charge in [-0.25, -0.2) is 0 Å². The molecule has 0 heterocycles. The van der Waals surface area contributed by atoms with Crippen LogP contribution in [-0.2, 0) is 22.4 Å². The van der Waals surface area contributed by atoms with Gasteiger partial charge in [-0.05, 0) is 43.7 Å². The lowest BCUT2D eigenvalue weighted by Crippen LogP contribution is -2.48. The molecule has 1 atom stereocenters. The van der Waals surface area contributed by atoms with Gasteiger partial charge >= 0.3 is 0 Å². The predicted octanol–water partition coefficient (Wildman–Crippen LogP) is 2.72. The Labute approximate surface area is 121 Å². The summed E-state index contributed by atoms with van der Waals surface area (Å²) in [6.07, 6.45) is 3.67. The first-order chi connectivity index (χ1) is 9.54. The fraction of sp³-hybridized carbons (Fsp3) is 0.588. The Morgan fingerprint density at radius 3 is 2.50 bits per heavy atom. The van der Waals surface area contributed by atoms with Gasteiger partial charge < -0.3 is 10.1 Å². The van der Waals surface area contributed by atoms with E-state index in [4.69, 9.17) is 4.74 Å². The summed E-state index contributed by atoms with van der Waals surface area (Å²) in [5.41, 5.74) is 2.60. The maximum Gasteiger partial charge on any atom is 0.223 e. The van der Waals surface area contributed by atoms with E-state index < -0.39 is 0 Å². The van der Waals surface area contributed by atoms with Gasteiger partial charge in [0.2, 0.25) is 5.91 Å². The zero-order valence-corrected chi connectivity index (χ0v) is 12.7. The summed E-state index contributed by atoms with van der Waals surface area (Å²) < 4.78 is 5.04. The zero-order valence-electron chi connectivity index (χ0n) is 12.7. The average Bonchev–Trinajstić information content (AvgIpc) is 2.74. The molecule has 3 heteroatoms. The molecule has 2 rings (SSSR count). The first kappa shape index (κ1) is 15.0. The van der Waals surface area contributed by atoms with Crippen molar-refractivity contribution < 1.29 is 9.53 Å². The average molecular weight is 275 g/mol. The SMILES string of the molecule is COCCC[C@@H](C)C(=O)NC1(C)Cc2ccccc2C1. The molecule has 1 aromatic carbocycles. The largest absolute Gasteiger partial charge is 0.385 e. The third-order valence-corrected chi connectivity index (χ3v) is 4.14. The topological polar surface area (TPSA) is 38.3 Å². The van der Waals surface area contributed by atoms with Crippen LogP contribution >= 0.6 is 0 Å². The highest BCUT2D eigenvalue weighted by atomic mass is 16.5. The summed E-state index contributed by atoms with van der Waals surface area (Å²) in [7, 11) is 1.70. The minimum Gasteiger partial charge on any atom is -0.385 e. The number of ether oxygens (including phenoxy) is 1. The Morgan fingerprint density at radius 1 is 1.35 bits per heavy atom. The van der Waals surface area contributed by atoms with Crippen LogP contribution in [0.2, 0.25) is 0 Å². The number of hydrogen-bond donors (Lipinski definition) is 1. The van der Waals surface area contributed by atoms with E-state index in [1.165, 1.54) is 11.1 Å². The number of methoxy groups -OCH3 is 1. The van der Waals surface area contributed by atoms with E-state index in [0.717, 1.165) is 32.3 Å². The van der Waals surface area contributed by atoms with Crippen LogP contribution in [-0.4, -0.2) is 25.2 Å². The predicted molar refractivity (Wildman–Crippen MR) is 80.7 cm³/mol. The highest BCUT2D eigenvalue weighted by molar-refractivity contribution is 5.79. The standard InChI is InChI=1S/C17H25NO2/c1-13(7-6-10-20-3)16(19)18-17(2)11-14-8-4-5-9-15(14)12-17/h4-5,8-9,13H,6-7,10-12H2,1-3H3,(H,18,19)/t13-/m1/s1. The molecule has 1 aliphatic rings. The van der Waals surface area contributed by atoms with Crippen LogP contribution in [0.1, 0.15) is 37.8 Å². The molecule has 3 nitrogen and oxygen atoms in total. The molecular weight excluding hydrogens is 250 g/mol. The van der Waals surface area contributed by atoms with Crippen LogP contribution in [0.5, 0.6) is 0 Å². The van der Waals surface area contributed by atoms with Gasteiger partial charge in [0.05, 0.1) is 0 Å². The van der Waals surface area contributed by atoms with Gasteiger partial charge in [-0.2, -0.15) is 0 Å². The van der Waals surface area contributed by atoms with Crippen LogP contribution in [0.25, 0.3) is 0 Å². The lowest BCUT2D eigenvalue weighted by Gasteiger charge is -2.27. The van der Waals surface area contributed by atoms with Crippen molar-refractivity contribution in [2.45, 2.75) is 45.1 Å². The van der Waals surface area contributed by atoms with Crippen molar-refractivity contribution in [1.82, 2.24) is 5.32 Å². The van der Waals surface area contributed by atoms with Crippen LogP contribution < -0.4 is 5.32 Å². The number of rotatable bonds is 6. The molecule has 1 aliphatic carbocycles. The quantitative estimate of drug-likeness (QED) is 0.811. The van der Waals surface area contributed by atoms with Gasteiger partial charge in [0.15, 0.2) is 0 Å². The Kier molecular flexibility index (Phi) is 4.81. The van der Waals surface area contributed by atoms with Gasteiger partial charge in [0.1, 0.15) is 0 Å². The number of fused-ring (bicyclic) bond motifs is 1.